The van der Waals surface area contributed by atoms with Gasteiger partial charge in [-0.3, -0.25) is 4.79 Å². The van der Waals surface area contributed by atoms with Crippen molar-refractivity contribution in [3.63, 3.8) is 0 Å². The summed E-state index contributed by atoms with van der Waals surface area (Å²) in [6.45, 7) is 0. The molecule has 0 saturated carbocycles. The van der Waals surface area contributed by atoms with Crippen molar-refractivity contribution in [1.29, 1.82) is 0 Å². The van der Waals surface area contributed by atoms with E-state index in [2.05, 4.69) is 5.32 Å². The Balaban J connectivity index is 1.49. The molecule has 0 aliphatic heterocycles. The highest BCUT2D eigenvalue weighted by molar-refractivity contribution is 7.99. The largest absolute Gasteiger partial charge is 0.326 e. The molecule has 3 rings (SSSR count). The van der Waals surface area contributed by atoms with Crippen LogP contribution < -0.4 is 5.32 Å². The number of hydrogen-bond donors (Lipinski definition) is 1. The lowest BCUT2D eigenvalue weighted by atomic mass is 10.1. The number of fused-ring (bicyclic) bond motifs is 1. The number of halogens is 1. The number of rotatable bonds is 6. The minimum Gasteiger partial charge on any atom is -0.326 e. The van der Waals surface area contributed by atoms with Gasteiger partial charge >= 0.3 is 0 Å². The number of thioether (sulfide) groups is 1. The third kappa shape index (κ3) is 4.36. The van der Waals surface area contributed by atoms with Gasteiger partial charge in [0.1, 0.15) is 5.82 Å². The summed E-state index contributed by atoms with van der Waals surface area (Å²) in [4.78, 5) is 13.2. The molecule has 1 N–H and O–H groups in total. The van der Waals surface area contributed by atoms with E-state index < -0.39 is 0 Å². The molecule has 1 amide bonds. The number of nitrogens with one attached hydrogen (secondary N) is 1. The summed E-state index contributed by atoms with van der Waals surface area (Å²) in [6.07, 6.45) is 1.25. The van der Waals surface area contributed by atoms with Gasteiger partial charge in [0, 0.05) is 22.4 Å². The first kappa shape index (κ1) is 16.5. The molecule has 3 aromatic carbocycles. The van der Waals surface area contributed by atoms with Gasteiger partial charge in [-0.1, -0.05) is 36.4 Å². The van der Waals surface area contributed by atoms with E-state index in [9.17, 15) is 9.18 Å². The maximum atomic E-state index is 12.8. The molecule has 0 spiro atoms. The van der Waals surface area contributed by atoms with E-state index in [1.807, 2.05) is 42.5 Å². The van der Waals surface area contributed by atoms with Gasteiger partial charge in [0.15, 0.2) is 0 Å². The van der Waals surface area contributed by atoms with Crippen LogP contribution in [-0.2, 0) is 4.79 Å². The first-order valence-electron chi connectivity index (χ1n) is 7.88. The maximum Gasteiger partial charge on any atom is 0.224 e. The number of benzene rings is 3. The van der Waals surface area contributed by atoms with Gasteiger partial charge in [-0.2, -0.15) is 0 Å². The number of anilines is 1. The molecule has 0 atom stereocenters. The summed E-state index contributed by atoms with van der Waals surface area (Å²) in [5.74, 6) is 0.620. The Kier molecular flexibility index (Phi) is 5.49. The smallest absolute Gasteiger partial charge is 0.224 e. The minimum absolute atomic E-state index is 0.0195. The van der Waals surface area contributed by atoms with Crippen LogP contribution in [-0.4, -0.2) is 11.7 Å². The molecule has 0 saturated heterocycles. The minimum atomic E-state index is -0.228. The Morgan fingerprint density at radius 1 is 0.958 bits per heavy atom. The van der Waals surface area contributed by atoms with Crippen LogP contribution >= 0.6 is 11.8 Å². The normalized spacial score (nSPS) is 10.7. The molecule has 4 heteroatoms. The Morgan fingerprint density at radius 2 is 1.71 bits per heavy atom. The van der Waals surface area contributed by atoms with Crippen molar-refractivity contribution < 1.29 is 9.18 Å². The first-order valence-corrected chi connectivity index (χ1v) is 8.87. The molecule has 0 bridgehead atoms. The monoisotopic (exact) mass is 339 g/mol. The van der Waals surface area contributed by atoms with Crippen LogP contribution in [0, 0.1) is 5.82 Å². The van der Waals surface area contributed by atoms with Gasteiger partial charge in [-0.05, 0) is 47.9 Å². The van der Waals surface area contributed by atoms with Gasteiger partial charge in [-0.15, -0.1) is 11.8 Å². The lowest BCUT2D eigenvalue weighted by Gasteiger charge is -2.08. The van der Waals surface area contributed by atoms with Crippen LogP contribution in [0.25, 0.3) is 10.8 Å². The quantitative estimate of drug-likeness (QED) is 0.475. The molecule has 122 valence electrons. The second kappa shape index (κ2) is 7.97. The van der Waals surface area contributed by atoms with Crippen LogP contribution in [0.2, 0.25) is 0 Å². The van der Waals surface area contributed by atoms with Crippen LogP contribution in [0.3, 0.4) is 0 Å². The standard InChI is InChI=1S/C20H18FNOS/c21-16-10-12-17(13-11-16)24-14-4-9-20(23)22-19-8-3-6-15-5-1-2-7-18(15)19/h1-3,5-8,10-13H,4,9,14H2,(H,22,23). The molecule has 0 aromatic heterocycles. The molecule has 0 aliphatic carbocycles. The van der Waals surface area contributed by atoms with Gasteiger partial charge in [-0.25, -0.2) is 4.39 Å². The highest BCUT2D eigenvalue weighted by atomic mass is 32.2. The second-order valence-electron chi connectivity index (χ2n) is 5.48. The summed E-state index contributed by atoms with van der Waals surface area (Å²) in [6, 6.07) is 20.3. The second-order valence-corrected chi connectivity index (χ2v) is 6.65. The average molecular weight is 339 g/mol. The zero-order chi connectivity index (χ0) is 16.8. The van der Waals surface area contributed by atoms with Crippen molar-refractivity contribution in [3.05, 3.63) is 72.5 Å². The van der Waals surface area contributed by atoms with E-state index in [1.165, 1.54) is 12.1 Å². The lowest BCUT2D eigenvalue weighted by molar-refractivity contribution is -0.116. The first-order chi connectivity index (χ1) is 11.7. The average Bonchev–Trinajstić information content (AvgIpc) is 2.61. The number of carbonyl (C=O) groups is 1. The zero-order valence-corrected chi connectivity index (χ0v) is 14.0. The molecule has 0 unspecified atom stereocenters. The van der Waals surface area contributed by atoms with Crippen LogP contribution in [0.15, 0.2) is 71.6 Å². The van der Waals surface area contributed by atoms with Crippen LogP contribution in [0.4, 0.5) is 10.1 Å². The van der Waals surface area contributed by atoms with Gasteiger partial charge in [0.05, 0.1) is 0 Å². The molecule has 2 nitrogen and oxygen atoms in total. The summed E-state index contributed by atoms with van der Waals surface area (Å²) >= 11 is 1.63. The van der Waals surface area contributed by atoms with Gasteiger partial charge in [0.25, 0.3) is 0 Å². The zero-order valence-electron chi connectivity index (χ0n) is 13.2. The highest BCUT2D eigenvalue weighted by Crippen LogP contribution is 2.23. The van der Waals surface area contributed by atoms with E-state index in [0.717, 1.165) is 33.5 Å². The highest BCUT2D eigenvalue weighted by Gasteiger charge is 2.05. The van der Waals surface area contributed by atoms with Crippen molar-refractivity contribution in [1.82, 2.24) is 0 Å². The Hall–Kier alpha value is -2.33. The fourth-order valence-corrected chi connectivity index (χ4v) is 3.35. The third-order valence-corrected chi connectivity index (χ3v) is 4.79. The van der Waals surface area contributed by atoms with Gasteiger partial charge < -0.3 is 5.32 Å². The summed E-state index contributed by atoms with van der Waals surface area (Å²) in [5, 5.41) is 5.16. The van der Waals surface area contributed by atoms with Crippen molar-refractivity contribution in [2.24, 2.45) is 0 Å². The molecule has 0 fully saturated rings. The molecule has 24 heavy (non-hydrogen) atoms. The predicted octanol–water partition coefficient (Wildman–Crippen LogP) is 5.49. The molecular weight excluding hydrogens is 321 g/mol. The number of hydrogen-bond acceptors (Lipinski definition) is 2. The van der Waals surface area contributed by atoms with Crippen LogP contribution in [0.5, 0.6) is 0 Å². The van der Waals surface area contributed by atoms with Crippen LogP contribution in [0.1, 0.15) is 12.8 Å². The van der Waals surface area contributed by atoms with E-state index in [-0.39, 0.29) is 11.7 Å². The fraction of sp³-hybridized carbons (Fsp3) is 0.150. The molecular formula is C20H18FNOS. The molecule has 0 heterocycles. The molecule has 0 aliphatic rings. The maximum absolute atomic E-state index is 12.8. The summed E-state index contributed by atoms with van der Waals surface area (Å²) in [5.41, 5.74) is 0.851. The van der Waals surface area contributed by atoms with E-state index in [0.29, 0.717) is 6.42 Å². The van der Waals surface area contributed by atoms with E-state index >= 15 is 0 Å². The SMILES string of the molecule is O=C(CCCSc1ccc(F)cc1)Nc1cccc2ccccc12. The fourth-order valence-electron chi connectivity index (χ4n) is 2.50. The third-order valence-electron chi connectivity index (χ3n) is 3.69. The molecule has 3 aromatic rings. The Bertz CT molecular complexity index is 827. The molecule has 0 radical (unpaired) electrons. The number of amides is 1. The Morgan fingerprint density at radius 3 is 2.54 bits per heavy atom. The van der Waals surface area contributed by atoms with E-state index in [4.69, 9.17) is 0 Å². The number of carbonyl (C=O) groups excluding carboxylic acids is 1. The summed E-state index contributed by atoms with van der Waals surface area (Å²) in [7, 11) is 0. The van der Waals surface area contributed by atoms with Crippen molar-refractivity contribution in [2.45, 2.75) is 17.7 Å². The van der Waals surface area contributed by atoms with Crippen molar-refractivity contribution in [3.8, 4) is 0 Å². The predicted molar refractivity (Wildman–Crippen MR) is 98.9 cm³/mol. The van der Waals surface area contributed by atoms with Gasteiger partial charge in [0.2, 0.25) is 5.91 Å². The Labute approximate surface area is 145 Å². The van der Waals surface area contributed by atoms with Crippen molar-refractivity contribution in [2.75, 3.05) is 11.1 Å². The van der Waals surface area contributed by atoms with Crippen molar-refractivity contribution >= 4 is 34.1 Å². The topological polar surface area (TPSA) is 29.1 Å². The summed E-state index contributed by atoms with van der Waals surface area (Å²) < 4.78 is 12.8. The lowest BCUT2D eigenvalue weighted by Crippen LogP contribution is -2.11. The van der Waals surface area contributed by atoms with E-state index in [1.54, 1.807) is 23.9 Å².